The Labute approximate surface area is 158 Å². The molecule has 3 rings (SSSR count). The van der Waals surface area contributed by atoms with Crippen LogP contribution >= 0.6 is 0 Å². The Morgan fingerprint density at radius 3 is 2.85 bits per heavy atom. The Morgan fingerprint density at radius 1 is 1.33 bits per heavy atom. The molecule has 7 heteroatoms. The van der Waals surface area contributed by atoms with Gasteiger partial charge >= 0.3 is 0 Å². The minimum absolute atomic E-state index is 0.235. The highest BCUT2D eigenvalue weighted by Gasteiger charge is 2.17. The number of imidazole rings is 1. The molecule has 0 aliphatic rings. The Morgan fingerprint density at radius 2 is 2.15 bits per heavy atom. The maximum atomic E-state index is 12.8. The van der Waals surface area contributed by atoms with E-state index in [1.54, 1.807) is 16.8 Å². The van der Waals surface area contributed by atoms with E-state index >= 15 is 0 Å². The van der Waals surface area contributed by atoms with E-state index in [0.717, 1.165) is 22.3 Å². The van der Waals surface area contributed by atoms with E-state index in [2.05, 4.69) is 22.0 Å². The summed E-state index contributed by atoms with van der Waals surface area (Å²) >= 11 is 0. The first kappa shape index (κ1) is 18.6. The predicted octanol–water partition coefficient (Wildman–Crippen LogP) is 2.97. The van der Waals surface area contributed by atoms with Crippen molar-refractivity contribution in [3.8, 4) is 0 Å². The Bertz CT molecular complexity index is 1010. The summed E-state index contributed by atoms with van der Waals surface area (Å²) in [6, 6.07) is 7.67. The summed E-state index contributed by atoms with van der Waals surface area (Å²) in [5, 5.41) is 7.26. The Kier molecular flexibility index (Phi) is 5.52. The number of amides is 1. The van der Waals surface area contributed by atoms with Crippen LogP contribution in [0.3, 0.4) is 0 Å². The minimum Gasteiger partial charge on any atom is -0.327 e. The van der Waals surface area contributed by atoms with Gasteiger partial charge in [0.2, 0.25) is 5.95 Å². The lowest BCUT2D eigenvalue weighted by Gasteiger charge is -2.09. The molecule has 3 aromatic rings. The third kappa shape index (κ3) is 3.83. The van der Waals surface area contributed by atoms with E-state index < -0.39 is 0 Å². The molecule has 0 fully saturated rings. The van der Waals surface area contributed by atoms with Gasteiger partial charge in [0.15, 0.2) is 0 Å². The molecule has 2 heterocycles. The van der Waals surface area contributed by atoms with Crippen molar-refractivity contribution in [2.75, 3.05) is 11.9 Å². The van der Waals surface area contributed by atoms with E-state index in [1.165, 1.54) is 0 Å². The number of nitrogens with one attached hydrogen (secondary N) is 1. The summed E-state index contributed by atoms with van der Waals surface area (Å²) in [6.07, 6.45) is 5.61. The zero-order valence-electron chi connectivity index (χ0n) is 15.6. The van der Waals surface area contributed by atoms with E-state index in [9.17, 15) is 4.79 Å². The summed E-state index contributed by atoms with van der Waals surface area (Å²) < 4.78 is 3.63. The van der Waals surface area contributed by atoms with E-state index in [-0.39, 0.29) is 5.91 Å². The lowest BCUT2D eigenvalue weighted by Crippen LogP contribution is -2.19. The van der Waals surface area contributed by atoms with Crippen molar-refractivity contribution >= 4 is 29.0 Å². The molecule has 0 atom stereocenters. The smallest absolute Gasteiger partial charge is 0.276 e. The molecule has 0 bridgehead atoms. The van der Waals surface area contributed by atoms with Crippen LogP contribution in [0.4, 0.5) is 5.95 Å². The topological polar surface area (TPSA) is 90.8 Å². The number of rotatable bonds is 7. The second-order valence-electron chi connectivity index (χ2n) is 6.15. The lowest BCUT2D eigenvalue weighted by atomic mass is 10.2. The van der Waals surface area contributed by atoms with Gasteiger partial charge in [-0.25, -0.2) is 4.98 Å². The average molecular weight is 364 g/mol. The van der Waals surface area contributed by atoms with Crippen molar-refractivity contribution in [1.29, 1.82) is 0 Å². The molecule has 7 nitrogen and oxygen atoms in total. The molecule has 0 unspecified atom stereocenters. The van der Waals surface area contributed by atoms with Crippen molar-refractivity contribution in [2.45, 2.75) is 26.9 Å². The summed E-state index contributed by atoms with van der Waals surface area (Å²) in [6.45, 7) is 9.26. The highest BCUT2D eigenvalue weighted by molar-refractivity contribution is 6.03. The molecule has 0 saturated heterocycles. The molecule has 1 amide bonds. The molecule has 0 spiro atoms. The molecule has 27 heavy (non-hydrogen) atoms. The highest BCUT2D eigenvalue weighted by atomic mass is 16.2. The maximum absolute atomic E-state index is 12.8. The first-order valence-corrected chi connectivity index (χ1v) is 8.91. The van der Waals surface area contributed by atoms with Crippen LogP contribution in [-0.4, -0.2) is 31.8 Å². The van der Waals surface area contributed by atoms with Gasteiger partial charge in [0.1, 0.15) is 5.69 Å². The van der Waals surface area contributed by atoms with Crippen LogP contribution in [0.2, 0.25) is 0 Å². The number of hydrogen-bond acceptors (Lipinski definition) is 4. The number of aryl methyl sites for hydroxylation is 2. The fourth-order valence-corrected chi connectivity index (χ4v) is 2.97. The van der Waals surface area contributed by atoms with Gasteiger partial charge in [0.05, 0.1) is 16.7 Å². The van der Waals surface area contributed by atoms with Gasteiger partial charge in [-0.1, -0.05) is 30.9 Å². The number of fused-ring (bicyclic) bond motifs is 1. The summed E-state index contributed by atoms with van der Waals surface area (Å²) in [5.41, 5.74) is 9.56. The van der Waals surface area contributed by atoms with Crippen LogP contribution in [0.15, 0.2) is 43.0 Å². The molecule has 2 aromatic heterocycles. The molecule has 0 radical (unpaired) electrons. The quantitative estimate of drug-likeness (QED) is 0.631. The van der Waals surface area contributed by atoms with E-state index in [1.807, 2.05) is 48.8 Å². The minimum atomic E-state index is -0.235. The first-order chi connectivity index (χ1) is 13.1. The molecule has 1 aromatic carbocycles. The third-order valence-electron chi connectivity index (χ3n) is 4.26. The third-order valence-corrected chi connectivity index (χ3v) is 4.26. The fourth-order valence-electron chi connectivity index (χ4n) is 2.97. The number of hydrogen-bond donors (Lipinski definition) is 2. The standard InChI is InChI=1S/C20H24N6O/c1-4-15-8-9-17-16(13-15)22-20(25(17)11-7-6-10-21)23-19(27)18-12-14(3)24-26(18)5-2/h4,6-9,12-13H,1,5,10-11,21H2,2-3H3,(H,22,23,27)/b7-6+. The summed E-state index contributed by atoms with van der Waals surface area (Å²) in [5.74, 6) is 0.250. The van der Waals surface area contributed by atoms with Crippen LogP contribution in [0, 0.1) is 6.92 Å². The van der Waals surface area contributed by atoms with Gasteiger partial charge in [-0.2, -0.15) is 5.10 Å². The van der Waals surface area contributed by atoms with Gasteiger partial charge in [0, 0.05) is 19.6 Å². The molecular weight excluding hydrogens is 340 g/mol. The number of carbonyl (C=O) groups excluding carboxylic acids is 1. The van der Waals surface area contributed by atoms with Crippen molar-refractivity contribution in [1.82, 2.24) is 19.3 Å². The van der Waals surface area contributed by atoms with Crippen molar-refractivity contribution in [3.05, 3.63) is 59.9 Å². The van der Waals surface area contributed by atoms with E-state index in [0.29, 0.717) is 31.3 Å². The number of allylic oxidation sites excluding steroid dienone is 1. The van der Waals surface area contributed by atoms with Crippen molar-refractivity contribution in [3.63, 3.8) is 0 Å². The van der Waals surface area contributed by atoms with Crippen LogP contribution in [0.25, 0.3) is 17.1 Å². The van der Waals surface area contributed by atoms with Gasteiger partial charge in [-0.05, 0) is 37.6 Å². The molecule has 0 aliphatic carbocycles. The summed E-state index contributed by atoms with van der Waals surface area (Å²) in [7, 11) is 0. The number of aromatic nitrogens is 4. The molecule has 0 aliphatic heterocycles. The summed E-state index contributed by atoms with van der Waals surface area (Å²) in [4.78, 5) is 17.4. The molecule has 3 N–H and O–H groups in total. The Hall–Kier alpha value is -3.19. The normalized spacial score (nSPS) is 11.4. The molecule has 140 valence electrons. The largest absolute Gasteiger partial charge is 0.327 e. The number of nitrogens with two attached hydrogens (primary N) is 1. The first-order valence-electron chi connectivity index (χ1n) is 8.91. The van der Waals surface area contributed by atoms with Gasteiger partial charge < -0.3 is 10.3 Å². The van der Waals surface area contributed by atoms with Crippen LogP contribution < -0.4 is 11.1 Å². The number of anilines is 1. The fraction of sp³-hybridized carbons (Fsp3) is 0.250. The second-order valence-corrected chi connectivity index (χ2v) is 6.15. The monoisotopic (exact) mass is 364 g/mol. The van der Waals surface area contributed by atoms with Crippen molar-refractivity contribution in [2.24, 2.45) is 5.73 Å². The zero-order chi connectivity index (χ0) is 19.4. The maximum Gasteiger partial charge on any atom is 0.276 e. The van der Waals surface area contributed by atoms with Crippen LogP contribution in [0.5, 0.6) is 0 Å². The number of nitrogens with zero attached hydrogens (tertiary/aromatic N) is 4. The van der Waals surface area contributed by atoms with Gasteiger partial charge in [0.25, 0.3) is 5.91 Å². The Balaban J connectivity index is 2.00. The highest BCUT2D eigenvalue weighted by Crippen LogP contribution is 2.22. The van der Waals surface area contributed by atoms with Crippen LogP contribution in [-0.2, 0) is 13.1 Å². The number of benzene rings is 1. The van der Waals surface area contributed by atoms with E-state index in [4.69, 9.17) is 5.73 Å². The zero-order valence-corrected chi connectivity index (χ0v) is 15.6. The molecule has 0 saturated carbocycles. The van der Waals surface area contributed by atoms with Crippen LogP contribution in [0.1, 0.15) is 28.7 Å². The van der Waals surface area contributed by atoms with Crippen molar-refractivity contribution < 1.29 is 4.79 Å². The molecular formula is C20H24N6O. The second kappa shape index (κ2) is 8.01. The predicted molar refractivity (Wildman–Crippen MR) is 109 cm³/mol. The van der Waals surface area contributed by atoms with Gasteiger partial charge in [-0.15, -0.1) is 0 Å². The number of carbonyl (C=O) groups is 1. The lowest BCUT2D eigenvalue weighted by molar-refractivity contribution is 0.101. The van der Waals surface area contributed by atoms with Gasteiger partial charge in [-0.3, -0.25) is 14.8 Å². The SMILES string of the molecule is C=Cc1ccc2c(c1)nc(NC(=O)c1cc(C)nn1CC)n2C/C=C/CN. The average Bonchev–Trinajstić information content (AvgIpc) is 3.21.